The first kappa shape index (κ1) is 15.5. The summed E-state index contributed by atoms with van der Waals surface area (Å²) in [6.07, 6.45) is 0. The molecule has 0 unspecified atom stereocenters. The lowest BCUT2D eigenvalue weighted by Gasteiger charge is -2.11. The van der Waals surface area contributed by atoms with Crippen LogP contribution in [0.2, 0.25) is 0 Å². The van der Waals surface area contributed by atoms with Crippen LogP contribution in [0.3, 0.4) is 0 Å². The first-order chi connectivity index (χ1) is 9.29. The second-order valence-electron chi connectivity index (χ2n) is 4.53. The largest absolute Gasteiger partial charge is 0.398 e. The van der Waals surface area contributed by atoms with Gasteiger partial charge in [-0.2, -0.15) is 0 Å². The molecule has 0 saturated heterocycles. The summed E-state index contributed by atoms with van der Waals surface area (Å²) in [4.78, 5) is 1.18. The molecule has 108 valence electrons. The van der Waals surface area contributed by atoms with Gasteiger partial charge in [0.05, 0.1) is 4.90 Å². The molecule has 3 N–H and O–H groups in total. The van der Waals surface area contributed by atoms with Crippen LogP contribution in [0.25, 0.3) is 0 Å². The molecule has 0 aliphatic heterocycles. The number of nitrogens with one attached hydrogen (secondary N) is 1. The maximum Gasteiger partial charge on any atom is 0.241 e. The second-order valence-corrected chi connectivity index (χ2v) is 8.18. The number of hydrogen-bond acceptors (Lipinski definition) is 4. The molecule has 0 saturated carbocycles. The zero-order chi connectivity index (χ0) is 14.9. The van der Waals surface area contributed by atoms with Crippen molar-refractivity contribution in [1.82, 2.24) is 4.72 Å². The molecule has 1 aromatic heterocycles. The van der Waals surface area contributed by atoms with Crippen LogP contribution in [0.1, 0.15) is 16.0 Å². The van der Waals surface area contributed by atoms with Crippen LogP contribution < -0.4 is 10.5 Å². The fraction of sp³-hybridized carbons (Fsp3) is 0.231. The molecule has 0 aliphatic carbocycles. The number of hydrogen-bond donors (Lipinski definition) is 2. The van der Waals surface area contributed by atoms with E-state index in [2.05, 4.69) is 20.7 Å². The lowest BCUT2D eigenvalue weighted by molar-refractivity contribution is 0.581. The molecule has 0 bridgehead atoms. The maximum absolute atomic E-state index is 12.4. The number of anilines is 1. The Morgan fingerprint density at radius 3 is 2.60 bits per heavy atom. The van der Waals surface area contributed by atoms with Gasteiger partial charge in [-0.25, -0.2) is 13.1 Å². The molecular weight excluding hydrogens is 360 g/mol. The Labute approximate surface area is 131 Å². The number of halogens is 1. The van der Waals surface area contributed by atoms with Crippen LogP contribution >= 0.6 is 27.3 Å². The lowest BCUT2D eigenvalue weighted by atomic mass is 10.1. The summed E-state index contributed by atoms with van der Waals surface area (Å²) in [6.45, 7) is 3.81. The molecule has 2 rings (SSSR count). The van der Waals surface area contributed by atoms with E-state index in [0.29, 0.717) is 11.3 Å². The first-order valence-corrected chi connectivity index (χ1v) is 9.04. The Bertz CT molecular complexity index is 739. The maximum atomic E-state index is 12.4. The van der Waals surface area contributed by atoms with Crippen molar-refractivity contribution in [2.75, 3.05) is 5.73 Å². The zero-order valence-electron chi connectivity index (χ0n) is 11.1. The highest BCUT2D eigenvalue weighted by Gasteiger charge is 2.18. The molecule has 0 atom stereocenters. The minimum absolute atomic E-state index is 0.241. The number of nitrogens with two attached hydrogens (primary N) is 1. The van der Waals surface area contributed by atoms with Crippen molar-refractivity contribution in [2.45, 2.75) is 25.3 Å². The fourth-order valence-electron chi connectivity index (χ4n) is 1.82. The molecule has 1 heterocycles. The third-order valence-electron chi connectivity index (χ3n) is 2.89. The summed E-state index contributed by atoms with van der Waals surface area (Å²) in [5.74, 6) is 0. The van der Waals surface area contributed by atoms with Crippen molar-refractivity contribution in [3.63, 3.8) is 0 Å². The Morgan fingerprint density at radius 1 is 1.30 bits per heavy atom. The zero-order valence-corrected chi connectivity index (χ0v) is 14.3. The van der Waals surface area contributed by atoms with E-state index in [1.165, 1.54) is 11.3 Å². The van der Waals surface area contributed by atoms with Gasteiger partial charge in [0.1, 0.15) is 0 Å². The summed E-state index contributed by atoms with van der Waals surface area (Å²) < 4.78 is 28.3. The van der Waals surface area contributed by atoms with Gasteiger partial charge in [-0.15, -0.1) is 11.3 Å². The SMILES string of the molecule is Cc1cc(N)c(C)c(S(=O)(=O)NCc2cc(Br)cs2)c1. The van der Waals surface area contributed by atoms with Crippen molar-refractivity contribution in [3.05, 3.63) is 44.1 Å². The number of benzene rings is 1. The molecule has 20 heavy (non-hydrogen) atoms. The van der Waals surface area contributed by atoms with Gasteiger partial charge in [0, 0.05) is 27.0 Å². The van der Waals surface area contributed by atoms with E-state index < -0.39 is 10.0 Å². The molecule has 7 heteroatoms. The third-order valence-corrected chi connectivity index (χ3v) is 6.12. The summed E-state index contributed by atoms with van der Waals surface area (Å²) in [7, 11) is -3.56. The van der Waals surface area contributed by atoms with Crippen LogP contribution in [-0.2, 0) is 16.6 Å². The quantitative estimate of drug-likeness (QED) is 0.807. The van der Waals surface area contributed by atoms with Crippen LogP contribution in [0.4, 0.5) is 5.69 Å². The second kappa shape index (κ2) is 5.85. The summed E-state index contributed by atoms with van der Waals surface area (Å²) in [6, 6.07) is 5.30. The molecule has 1 aromatic carbocycles. The van der Waals surface area contributed by atoms with Gasteiger partial charge in [0.2, 0.25) is 10.0 Å². The smallest absolute Gasteiger partial charge is 0.241 e. The summed E-state index contributed by atoms with van der Waals surface area (Å²) in [5.41, 5.74) is 7.73. The van der Waals surface area contributed by atoms with Crippen molar-refractivity contribution >= 4 is 43.0 Å². The van der Waals surface area contributed by atoms with Gasteiger partial charge in [0.15, 0.2) is 0 Å². The van der Waals surface area contributed by atoms with E-state index in [4.69, 9.17) is 5.73 Å². The molecular formula is C13H15BrN2O2S2. The number of rotatable bonds is 4. The minimum atomic E-state index is -3.56. The van der Waals surface area contributed by atoms with Crippen molar-refractivity contribution in [1.29, 1.82) is 0 Å². The Hall–Kier alpha value is -0.890. The number of thiophene rings is 1. The van der Waals surface area contributed by atoms with Gasteiger partial charge < -0.3 is 5.73 Å². The number of nitrogen functional groups attached to an aromatic ring is 1. The molecule has 0 aliphatic rings. The highest BCUT2D eigenvalue weighted by molar-refractivity contribution is 9.10. The summed E-state index contributed by atoms with van der Waals surface area (Å²) in [5, 5.41) is 1.92. The summed E-state index contributed by atoms with van der Waals surface area (Å²) >= 11 is 4.84. The van der Waals surface area contributed by atoms with E-state index >= 15 is 0 Å². The lowest BCUT2D eigenvalue weighted by Crippen LogP contribution is -2.24. The Balaban J connectivity index is 2.27. The molecule has 4 nitrogen and oxygen atoms in total. The van der Waals surface area contributed by atoms with Crippen LogP contribution in [0.15, 0.2) is 32.9 Å². The third kappa shape index (κ3) is 3.41. The van der Waals surface area contributed by atoms with Gasteiger partial charge in [-0.05, 0) is 59.1 Å². The average Bonchev–Trinajstić information content (AvgIpc) is 2.77. The first-order valence-electron chi connectivity index (χ1n) is 5.89. The average molecular weight is 375 g/mol. The topological polar surface area (TPSA) is 72.2 Å². The predicted octanol–water partition coefficient (Wildman–Crippen LogP) is 3.19. The van der Waals surface area contributed by atoms with Crippen molar-refractivity contribution in [3.8, 4) is 0 Å². The van der Waals surface area contributed by atoms with Gasteiger partial charge in [-0.1, -0.05) is 0 Å². The van der Waals surface area contributed by atoms with Crippen LogP contribution in [-0.4, -0.2) is 8.42 Å². The standard InChI is InChI=1S/C13H15BrN2O2S2/c1-8-3-12(15)9(2)13(4-8)20(17,18)16-6-11-5-10(14)7-19-11/h3-5,7,16H,6,15H2,1-2H3. The van der Waals surface area contributed by atoms with E-state index in [1.54, 1.807) is 19.1 Å². The van der Waals surface area contributed by atoms with E-state index in [0.717, 1.165) is 14.9 Å². The van der Waals surface area contributed by atoms with Crippen LogP contribution in [0, 0.1) is 13.8 Å². The van der Waals surface area contributed by atoms with E-state index in [1.807, 2.05) is 18.4 Å². The minimum Gasteiger partial charge on any atom is -0.398 e. The highest BCUT2D eigenvalue weighted by Crippen LogP contribution is 2.24. The van der Waals surface area contributed by atoms with Crippen molar-refractivity contribution in [2.24, 2.45) is 0 Å². The van der Waals surface area contributed by atoms with Crippen LogP contribution in [0.5, 0.6) is 0 Å². The van der Waals surface area contributed by atoms with Gasteiger partial charge in [-0.3, -0.25) is 0 Å². The molecule has 0 radical (unpaired) electrons. The van der Waals surface area contributed by atoms with E-state index in [-0.39, 0.29) is 11.4 Å². The molecule has 2 aromatic rings. The molecule has 0 spiro atoms. The van der Waals surface area contributed by atoms with Crippen molar-refractivity contribution < 1.29 is 8.42 Å². The monoisotopic (exact) mass is 374 g/mol. The van der Waals surface area contributed by atoms with Gasteiger partial charge >= 0.3 is 0 Å². The molecule has 0 amide bonds. The Morgan fingerprint density at radius 2 is 2.00 bits per heavy atom. The predicted molar refractivity (Wildman–Crippen MR) is 86.4 cm³/mol. The fourth-order valence-corrected chi connectivity index (χ4v) is 4.67. The normalized spacial score (nSPS) is 11.8. The van der Waals surface area contributed by atoms with E-state index in [9.17, 15) is 8.42 Å². The van der Waals surface area contributed by atoms with Gasteiger partial charge in [0.25, 0.3) is 0 Å². The Kier molecular flexibility index (Phi) is 4.53. The number of aryl methyl sites for hydroxylation is 1. The number of sulfonamides is 1. The molecule has 0 fully saturated rings. The highest BCUT2D eigenvalue weighted by atomic mass is 79.9.